The van der Waals surface area contributed by atoms with Crippen molar-refractivity contribution in [1.29, 1.82) is 0 Å². The van der Waals surface area contributed by atoms with E-state index in [1.54, 1.807) is 29.6 Å². The van der Waals surface area contributed by atoms with Crippen LogP contribution >= 0.6 is 11.3 Å². The summed E-state index contributed by atoms with van der Waals surface area (Å²) in [7, 11) is 0. The number of aromatic nitrogens is 1. The number of nitrogens with one attached hydrogen (secondary N) is 2. The number of amides is 2. The second-order valence-corrected chi connectivity index (χ2v) is 7.06. The molecular formula is C20H16F3N3O3S. The Morgan fingerprint density at radius 2 is 1.73 bits per heavy atom. The predicted molar refractivity (Wildman–Crippen MR) is 107 cm³/mol. The molecule has 0 bridgehead atoms. The van der Waals surface area contributed by atoms with E-state index in [1.807, 2.05) is 0 Å². The van der Waals surface area contributed by atoms with Crippen LogP contribution in [0.25, 0.3) is 10.6 Å². The molecule has 10 heteroatoms. The molecule has 0 aliphatic carbocycles. The quantitative estimate of drug-likeness (QED) is 0.580. The fourth-order valence-electron chi connectivity index (χ4n) is 2.57. The number of alkyl halides is 3. The molecule has 0 radical (unpaired) electrons. The van der Waals surface area contributed by atoms with Gasteiger partial charge in [-0.3, -0.25) is 9.59 Å². The average molecular weight is 435 g/mol. The van der Waals surface area contributed by atoms with Crippen LogP contribution in [0.5, 0.6) is 5.75 Å². The van der Waals surface area contributed by atoms with Crippen LogP contribution in [-0.4, -0.2) is 23.2 Å². The number of hydrogen-bond acceptors (Lipinski definition) is 5. The van der Waals surface area contributed by atoms with Crippen LogP contribution in [0.15, 0.2) is 53.9 Å². The van der Waals surface area contributed by atoms with Gasteiger partial charge in [-0.25, -0.2) is 4.98 Å². The standard InChI is InChI=1S/C20H16F3N3O3S/c1-12(27)24-14-3-2-4-15(9-14)25-18(28)10-16-11-30-19(26-16)13-5-7-17(8-6-13)29-20(21,22)23/h2-9,11H,10H2,1H3,(H,24,27)(H,25,28). The van der Waals surface area contributed by atoms with Crippen molar-refractivity contribution in [2.45, 2.75) is 19.7 Å². The molecule has 0 spiro atoms. The fraction of sp³-hybridized carbons (Fsp3) is 0.150. The van der Waals surface area contributed by atoms with Gasteiger partial charge in [0.1, 0.15) is 10.8 Å². The van der Waals surface area contributed by atoms with E-state index in [0.717, 1.165) is 0 Å². The van der Waals surface area contributed by atoms with Crippen LogP contribution in [0, 0.1) is 0 Å². The van der Waals surface area contributed by atoms with Crippen molar-refractivity contribution in [2.24, 2.45) is 0 Å². The van der Waals surface area contributed by atoms with Crippen molar-refractivity contribution in [3.8, 4) is 16.3 Å². The number of hydrogen-bond donors (Lipinski definition) is 2. The molecule has 3 rings (SSSR count). The molecule has 0 fully saturated rings. The van der Waals surface area contributed by atoms with Crippen molar-refractivity contribution < 1.29 is 27.5 Å². The second-order valence-electron chi connectivity index (χ2n) is 6.20. The summed E-state index contributed by atoms with van der Waals surface area (Å²) in [5.41, 5.74) is 2.24. The van der Waals surface area contributed by atoms with E-state index in [-0.39, 0.29) is 24.0 Å². The lowest BCUT2D eigenvalue weighted by Crippen LogP contribution is -2.16. The van der Waals surface area contributed by atoms with E-state index in [9.17, 15) is 22.8 Å². The summed E-state index contributed by atoms with van der Waals surface area (Å²) in [6.45, 7) is 1.39. The number of thiazole rings is 1. The van der Waals surface area contributed by atoms with Crippen molar-refractivity contribution in [2.75, 3.05) is 10.6 Å². The van der Waals surface area contributed by atoms with Crippen molar-refractivity contribution in [1.82, 2.24) is 4.98 Å². The Bertz CT molecular complexity index is 1050. The maximum absolute atomic E-state index is 12.3. The molecule has 0 saturated heterocycles. The predicted octanol–water partition coefficient (Wildman–Crippen LogP) is 4.85. The monoisotopic (exact) mass is 435 g/mol. The summed E-state index contributed by atoms with van der Waals surface area (Å²) in [6, 6.07) is 12.1. The molecule has 0 atom stereocenters. The van der Waals surface area contributed by atoms with Gasteiger partial charge in [0.25, 0.3) is 0 Å². The summed E-state index contributed by atoms with van der Waals surface area (Å²) in [6.07, 6.45) is -4.72. The lowest BCUT2D eigenvalue weighted by atomic mass is 10.2. The average Bonchev–Trinajstić information content (AvgIpc) is 3.09. The maximum atomic E-state index is 12.3. The highest BCUT2D eigenvalue weighted by Gasteiger charge is 2.31. The van der Waals surface area contributed by atoms with Crippen molar-refractivity contribution in [3.05, 3.63) is 59.6 Å². The van der Waals surface area contributed by atoms with Gasteiger partial charge in [-0.2, -0.15) is 0 Å². The number of ether oxygens (including phenoxy) is 1. The Balaban J connectivity index is 1.61. The van der Waals surface area contributed by atoms with E-state index >= 15 is 0 Å². The molecule has 2 aromatic carbocycles. The SMILES string of the molecule is CC(=O)Nc1cccc(NC(=O)Cc2csc(-c3ccc(OC(F)(F)F)cc3)n2)c1. The minimum absolute atomic E-state index is 0.0239. The highest BCUT2D eigenvalue weighted by Crippen LogP contribution is 2.28. The number of nitrogens with zero attached hydrogens (tertiary/aromatic N) is 1. The zero-order valence-electron chi connectivity index (χ0n) is 15.6. The topological polar surface area (TPSA) is 80.3 Å². The lowest BCUT2D eigenvalue weighted by molar-refractivity contribution is -0.274. The van der Waals surface area contributed by atoms with E-state index < -0.39 is 6.36 Å². The summed E-state index contributed by atoms with van der Waals surface area (Å²) in [5.74, 6) is -0.823. The number of rotatable bonds is 6. The number of anilines is 2. The molecule has 2 amide bonds. The normalized spacial score (nSPS) is 11.1. The number of carbonyl (C=O) groups excluding carboxylic acids is 2. The summed E-state index contributed by atoms with van der Waals surface area (Å²) >= 11 is 1.28. The van der Waals surface area contributed by atoms with Crippen LogP contribution in [0.1, 0.15) is 12.6 Å². The highest BCUT2D eigenvalue weighted by atomic mass is 32.1. The summed E-state index contributed by atoms with van der Waals surface area (Å²) < 4.78 is 40.5. The number of halogens is 3. The summed E-state index contributed by atoms with van der Waals surface area (Å²) in [4.78, 5) is 27.8. The third-order valence-electron chi connectivity index (χ3n) is 3.69. The smallest absolute Gasteiger partial charge is 0.406 e. The molecular weight excluding hydrogens is 419 g/mol. The fourth-order valence-corrected chi connectivity index (χ4v) is 3.39. The molecule has 6 nitrogen and oxygen atoms in total. The third-order valence-corrected chi connectivity index (χ3v) is 4.64. The first-order valence-electron chi connectivity index (χ1n) is 8.66. The maximum Gasteiger partial charge on any atom is 0.573 e. The summed E-state index contributed by atoms with van der Waals surface area (Å²) in [5, 5.41) is 7.65. The second kappa shape index (κ2) is 8.95. The van der Waals surface area contributed by atoms with Crippen molar-refractivity contribution >= 4 is 34.5 Å². The molecule has 3 aromatic rings. The van der Waals surface area contributed by atoms with Gasteiger partial charge < -0.3 is 15.4 Å². The minimum atomic E-state index is -4.75. The Hall–Kier alpha value is -3.40. The first-order valence-corrected chi connectivity index (χ1v) is 9.54. The minimum Gasteiger partial charge on any atom is -0.406 e. The first kappa shape index (κ1) is 21.3. The molecule has 156 valence electrons. The third kappa shape index (κ3) is 6.31. The van der Waals surface area contributed by atoms with Crippen molar-refractivity contribution in [3.63, 3.8) is 0 Å². The molecule has 0 aliphatic rings. The van der Waals surface area contributed by atoms with Crippen LogP contribution in [0.2, 0.25) is 0 Å². The van der Waals surface area contributed by atoms with Gasteiger partial charge in [0, 0.05) is 29.2 Å². The van der Waals surface area contributed by atoms with Gasteiger partial charge >= 0.3 is 6.36 Å². The molecule has 1 aromatic heterocycles. The largest absolute Gasteiger partial charge is 0.573 e. The van der Waals surface area contributed by atoms with E-state index in [2.05, 4.69) is 20.4 Å². The highest BCUT2D eigenvalue weighted by molar-refractivity contribution is 7.13. The number of benzene rings is 2. The molecule has 1 heterocycles. The molecule has 30 heavy (non-hydrogen) atoms. The van der Waals surface area contributed by atoms with E-state index in [0.29, 0.717) is 27.6 Å². The Morgan fingerprint density at radius 1 is 1.07 bits per heavy atom. The van der Waals surface area contributed by atoms with Gasteiger partial charge in [-0.1, -0.05) is 6.07 Å². The van der Waals surface area contributed by atoms with Crippen LogP contribution < -0.4 is 15.4 Å². The van der Waals surface area contributed by atoms with Crippen LogP contribution in [-0.2, 0) is 16.0 Å². The van der Waals surface area contributed by atoms with Crippen LogP contribution in [0.3, 0.4) is 0 Å². The lowest BCUT2D eigenvalue weighted by Gasteiger charge is -2.08. The Morgan fingerprint density at radius 3 is 2.37 bits per heavy atom. The van der Waals surface area contributed by atoms with Gasteiger partial charge in [-0.05, 0) is 42.5 Å². The molecule has 0 saturated carbocycles. The Labute approximate surface area is 173 Å². The van der Waals surface area contributed by atoms with E-state index in [4.69, 9.17) is 0 Å². The zero-order chi connectivity index (χ0) is 21.7. The molecule has 0 aliphatic heterocycles. The van der Waals surface area contributed by atoms with Crippen LogP contribution in [0.4, 0.5) is 24.5 Å². The first-order chi connectivity index (χ1) is 14.2. The van der Waals surface area contributed by atoms with Gasteiger partial charge in [0.2, 0.25) is 11.8 Å². The zero-order valence-corrected chi connectivity index (χ0v) is 16.4. The molecule has 2 N–H and O–H groups in total. The molecule has 0 unspecified atom stereocenters. The van der Waals surface area contributed by atoms with Gasteiger partial charge in [0.15, 0.2) is 0 Å². The Kier molecular flexibility index (Phi) is 6.36. The van der Waals surface area contributed by atoms with Gasteiger partial charge in [0.05, 0.1) is 12.1 Å². The van der Waals surface area contributed by atoms with Gasteiger partial charge in [-0.15, -0.1) is 24.5 Å². The van der Waals surface area contributed by atoms with E-state index in [1.165, 1.54) is 42.5 Å². The number of carbonyl (C=O) groups is 2.